The van der Waals surface area contributed by atoms with Crippen LogP contribution in [0.3, 0.4) is 0 Å². The Hall–Kier alpha value is -2.10. The van der Waals surface area contributed by atoms with Gasteiger partial charge in [0.1, 0.15) is 6.54 Å². The van der Waals surface area contributed by atoms with Crippen LogP contribution in [0.2, 0.25) is 0 Å². The summed E-state index contributed by atoms with van der Waals surface area (Å²) in [6.45, 7) is 7.73. The van der Waals surface area contributed by atoms with Gasteiger partial charge in [-0.3, -0.25) is 14.2 Å². The molecule has 0 saturated carbocycles. The molecule has 0 atom stereocenters. The number of benzene rings is 1. The van der Waals surface area contributed by atoms with E-state index in [2.05, 4.69) is 4.98 Å². The Labute approximate surface area is 186 Å². The molecule has 1 fully saturated rings. The summed E-state index contributed by atoms with van der Waals surface area (Å²) < 4.78 is 13.5. The number of carbonyl (C=O) groups is 1. The molecule has 1 N–H and O–H groups in total. The van der Waals surface area contributed by atoms with Gasteiger partial charge in [0, 0.05) is 11.3 Å². The molecule has 4 rings (SSSR count). The van der Waals surface area contributed by atoms with Crippen molar-refractivity contribution in [3.05, 3.63) is 51.4 Å². The topological polar surface area (TPSA) is 90.7 Å². The van der Waals surface area contributed by atoms with Crippen LogP contribution in [0, 0.1) is 0 Å². The minimum atomic E-state index is -1.05. The van der Waals surface area contributed by atoms with Crippen LogP contribution >= 0.6 is 11.8 Å². The average molecular weight is 442 g/mol. The van der Waals surface area contributed by atoms with Crippen molar-refractivity contribution in [3.63, 3.8) is 0 Å². The van der Waals surface area contributed by atoms with Crippen molar-refractivity contribution in [1.82, 2.24) is 9.55 Å². The molecule has 2 aromatic rings. The number of thioether (sulfide) groups is 1. The van der Waals surface area contributed by atoms with E-state index in [1.807, 2.05) is 52.0 Å². The molecule has 2 heterocycles. The van der Waals surface area contributed by atoms with Gasteiger partial charge in [-0.05, 0) is 58.0 Å². The Kier molecular flexibility index (Phi) is 5.79. The number of nitrogens with zero attached hydrogens (tertiary/aromatic N) is 2. The van der Waals surface area contributed by atoms with E-state index >= 15 is 0 Å². The molecule has 1 aliphatic heterocycles. The third-order valence-corrected chi connectivity index (χ3v) is 7.37. The first-order valence-electron chi connectivity index (χ1n) is 10.5. The fourth-order valence-electron chi connectivity index (χ4n) is 3.79. The number of carboxylic acid groups (broad SMARTS) is 1. The molecular weight excluding hydrogens is 415 g/mol. The summed E-state index contributed by atoms with van der Waals surface area (Å²) in [5, 5.41) is 9.70. The molecule has 9 heteroatoms. The zero-order chi connectivity index (χ0) is 22.4. The van der Waals surface area contributed by atoms with Crippen LogP contribution in [0.5, 0.6) is 0 Å². The molecule has 31 heavy (non-hydrogen) atoms. The molecule has 1 saturated heterocycles. The normalized spacial score (nSPS) is 18.9. The summed E-state index contributed by atoms with van der Waals surface area (Å²) in [5.41, 5.74) is 2.47. The highest BCUT2D eigenvalue weighted by molar-refractivity contribution is 7.98. The van der Waals surface area contributed by atoms with Gasteiger partial charge in [-0.1, -0.05) is 36.0 Å². The van der Waals surface area contributed by atoms with E-state index in [9.17, 15) is 14.7 Å². The number of carboxylic acids is 1. The number of rotatable bonds is 6. The van der Waals surface area contributed by atoms with E-state index in [0.29, 0.717) is 22.9 Å². The zero-order valence-corrected chi connectivity index (χ0v) is 19.1. The van der Waals surface area contributed by atoms with Crippen molar-refractivity contribution in [2.75, 3.05) is 0 Å². The van der Waals surface area contributed by atoms with E-state index in [1.54, 1.807) is 0 Å². The maximum absolute atomic E-state index is 12.7. The van der Waals surface area contributed by atoms with Crippen LogP contribution in [0.25, 0.3) is 0 Å². The first kappa shape index (κ1) is 22.1. The average Bonchev–Trinajstić information content (AvgIpc) is 3.24. The third kappa shape index (κ3) is 4.31. The smallest absolute Gasteiger partial charge is 0.480 e. The summed E-state index contributed by atoms with van der Waals surface area (Å²) in [5.74, 6) is -0.468. The van der Waals surface area contributed by atoms with Crippen LogP contribution in [0.15, 0.2) is 34.2 Å². The number of aromatic nitrogens is 2. The number of aliphatic carboxylic acids is 1. The lowest BCUT2D eigenvalue weighted by molar-refractivity contribution is -0.137. The minimum Gasteiger partial charge on any atom is -0.480 e. The summed E-state index contributed by atoms with van der Waals surface area (Å²) in [4.78, 5) is 28.6. The summed E-state index contributed by atoms with van der Waals surface area (Å²) >= 11 is 1.39. The van der Waals surface area contributed by atoms with E-state index < -0.39 is 13.1 Å². The molecule has 2 aliphatic rings. The molecule has 0 amide bonds. The van der Waals surface area contributed by atoms with Gasteiger partial charge in [0.15, 0.2) is 5.16 Å². The van der Waals surface area contributed by atoms with Gasteiger partial charge < -0.3 is 14.4 Å². The van der Waals surface area contributed by atoms with Gasteiger partial charge in [-0.15, -0.1) is 0 Å². The lowest BCUT2D eigenvalue weighted by Crippen LogP contribution is -2.41. The van der Waals surface area contributed by atoms with Crippen LogP contribution in [-0.4, -0.2) is 38.9 Å². The second-order valence-corrected chi connectivity index (χ2v) is 10.0. The van der Waals surface area contributed by atoms with Crippen molar-refractivity contribution in [2.45, 2.75) is 75.6 Å². The number of fused-ring (bicyclic) bond motifs is 1. The minimum absolute atomic E-state index is 0.219. The van der Waals surface area contributed by atoms with Gasteiger partial charge >= 0.3 is 13.1 Å². The molecule has 1 aromatic heterocycles. The number of hydrogen-bond donors (Lipinski definition) is 1. The molecule has 0 radical (unpaired) electrons. The Bertz CT molecular complexity index is 1050. The summed E-state index contributed by atoms with van der Waals surface area (Å²) in [6.07, 6.45) is 2.33. The fourth-order valence-corrected chi connectivity index (χ4v) is 4.76. The summed E-state index contributed by atoms with van der Waals surface area (Å²) in [7, 11) is -0.411. The van der Waals surface area contributed by atoms with E-state index in [4.69, 9.17) is 9.31 Å². The van der Waals surface area contributed by atoms with Crippen LogP contribution in [-0.2, 0) is 39.2 Å². The Morgan fingerprint density at radius 3 is 2.42 bits per heavy atom. The van der Waals surface area contributed by atoms with Gasteiger partial charge in [0.2, 0.25) is 0 Å². The first-order valence-corrected chi connectivity index (χ1v) is 11.5. The van der Waals surface area contributed by atoms with Gasteiger partial charge in [0.25, 0.3) is 5.56 Å². The predicted octanol–water partition coefficient (Wildman–Crippen LogP) is 2.41. The second-order valence-electron chi connectivity index (χ2n) is 9.08. The Morgan fingerprint density at radius 1 is 1.16 bits per heavy atom. The Balaban J connectivity index is 1.50. The van der Waals surface area contributed by atoms with Crippen molar-refractivity contribution in [1.29, 1.82) is 0 Å². The maximum Gasteiger partial charge on any atom is 0.494 e. The third-order valence-electron chi connectivity index (χ3n) is 6.32. The molecule has 164 valence electrons. The lowest BCUT2D eigenvalue weighted by Gasteiger charge is -2.32. The Morgan fingerprint density at radius 2 is 1.81 bits per heavy atom. The highest BCUT2D eigenvalue weighted by atomic mass is 32.2. The van der Waals surface area contributed by atoms with Crippen molar-refractivity contribution in [3.8, 4) is 0 Å². The monoisotopic (exact) mass is 442 g/mol. The molecule has 0 bridgehead atoms. The van der Waals surface area contributed by atoms with Gasteiger partial charge in [0.05, 0.1) is 16.9 Å². The fraction of sp³-hybridized carbons (Fsp3) is 0.500. The van der Waals surface area contributed by atoms with Gasteiger partial charge in [-0.2, -0.15) is 0 Å². The molecule has 7 nitrogen and oxygen atoms in total. The number of hydrogen-bond acceptors (Lipinski definition) is 6. The first-order chi connectivity index (χ1) is 14.6. The maximum atomic E-state index is 12.7. The standard InChI is InChI=1S/C22H27BN2O5S/c1-21(2)22(3,4)30-23(29-21)15-10-8-14(9-11-15)13-31-20-24-17-7-5-6-16(17)19(28)25(20)12-18(26)27/h8-11H,5-7,12-13H2,1-4H3,(H,26,27). The second kappa shape index (κ2) is 8.11. The zero-order valence-electron chi connectivity index (χ0n) is 18.3. The van der Waals surface area contributed by atoms with Crippen LogP contribution in [0.1, 0.15) is 50.9 Å². The highest BCUT2D eigenvalue weighted by Crippen LogP contribution is 2.36. The molecule has 1 aliphatic carbocycles. The van der Waals surface area contributed by atoms with E-state index in [-0.39, 0.29) is 23.3 Å². The van der Waals surface area contributed by atoms with Gasteiger partial charge in [-0.25, -0.2) is 4.98 Å². The van der Waals surface area contributed by atoms with E-state index in [1.165, 1.54) is 16.3 Å². The SMILES string of the molecule is CC1(C)OB(c2ccc(CSc3nc4c(c(=O)n3CC(=O)O)CCC4)cc2)OC1(C)C. The van der Waals surface area contributed by atoms with Crippen molar-refractivity contribution < 1.29 is 19.2 Å². The molecule has 0 unspecified atom stereocenters. The summed E-state index contributed by atoms with van der Waals surface area (Å²) in [6, 6.07) is 7.97. The molecular formula is C22H27BN2O5S. The number of aryl methyl sites for hydroxylation is 1. The lowest BCUT2D eigenvalue weighted by atomic mass is 9.79. The molecule has 1 aromatic carbocycles. The highest BCUT2D eigenvalue weighted by Gasteiger charge is 2.51. The predicted molar refractivity (Wildman–Crippen MR) is 120 cm³/mol. The quantitative estimate of drug-likeness (QED) is 0.418. The molecule has 0 spiro atoms. The largest absolute Gasteiger partial charge is 0.494 e. The van der Waals surface area contributed by atoms with Crippen molar-refractivity contribution in [2.24, 2.45) is 0 Å². The van der Waals surface area contributed by atoms with E-state index in [0.717, 1.165) is 29.6 Å². The van der Waals surface area contributed by atoms with Crippen LogP contribution < -0.4 is 11.0 Å². The van der Waals surface area contributed by atoms with Crippen LogP contribution in [0.4, 0.5) is 0 Å². The van der Waals surface area contributed by atoms with Crippen molar-refractivity contribution >= 4 is 30.3 Å².